The summed E-state index contributed by atoms with van der Waals surface area (Å²) in [4.78, 5) is 4.25. The summed E-state index contributed by atoms with van der Waals surface area (Å²) in [6.45, 7) is 0.478. The largest absolute Gasteiger partial charge is 0.396 e. The topological polar surface area (TPSA) is 64.9 Å². The molecule has 1 radical (unpaired) electrons. The Morgan fingerprint density at radius 2 is 2.07 bits per heavy atom. The number of pyridine rings is 1. The predicted molar refractivity (Wildman–Crippen MR) is 60.8 cm³/mol. The summed E-state index contributed by atoms with van der Waals surface area (Å²) in [7, 11) is 0. The van der Waals surface area contributed by atoms with Crippen LogP contribution in [0.15, 0.2) is 36.5 Å². The quantitative estimate of drug-likeness (QED) is 0.770. The molecule has 0 spiro atoms. The predicted octanol–water partition coefficient (Wildman–Crippen LogP) is 1.59. The van der Waals surface area contributed by atoms with Crippen molar-refractivity contribution in [3.05, 3.63) is 48.2 Å². The number of rotatable bonds is 2. The first-order chi connectivity index (χ1) is 7.33. The summed E-state index contributed by atoms with van der Waals surface area (Å²) < 4.78 is 0. The minimum absolute atomic E-state index is 0.478. The summed E-state index contributed by atoms with van der Waals surface area (Å²) in [5.41, 5.74) is 14.8. The smallest absolute Gasteiger partial charge is 0.0940 e. The SMILES string of the molecule is NCc1ccccc1-c1ncc[c]c1N. The highest BCUT2D eigenvalue weighted by atomic mass is 14.7. The van der Waals surface area contributed by atoms with E-state index in [4.69, 9.17) is 11.5 Å². The molecule has 1 aromatic carbocycles. The Hall–Kier alpha value is -1.87. The first-order valence-electron chi connectivity index (χ1n) is 4.73. The van der Waals surface area contributed by atoms with Crippen molar-refractivity contribution >= 4 is 5.69 Å². The number of nitrogen functional groups attached to an aromatic ring is 1. The van der Waals surface area contributed by atoms with Gasteiger partial charge in [-0.15, -0.1) is 0 Å². The van der Waals surface area contributed by atoms with E-state index in [9.17, 15) is 0 Å². The Balaban J connectivity index is 2.59. The fraction of sp³-hybridized carbons (Fsp3) is 0.0833. The third-order valence-corrected chi connectivity index (χ3v) is 2.26. The molecule has 15 heavy (non-hydrogen) atoms. The van der Waals surface area contributed by atoms with Crippen molar-refractivity contribution in [3.63, 3.8) is 0 Å². The molecular formula is C12H12N3. The molecule has 0 amide bonds. The molecule has 1 heterocycles. The zero-order valence-corrected chi connectivity index (χ0v) is 8.27. The molecule has 0 atom stereocenters. The van der Waals surface area contributed by atoms with Gasteiger partial charge in [-0.25, -0.2) is 0 Å². The summed E-state index contributed by atoms with van der Waals surface area (Å²) in [6, 6.07) is 12.5. The average molecular weight is 198 g/mol. The standard InChI is InChI=1S/C12H12N3/c13-8-9-4-1-2-5-10(9)12-11(14)6-3-7-15-12/h1-5,7H,8,13-14H2. The van der Waals surface area contributed by atoms with Gasteiger partial charge in [-0.2, -0.15) is 0 Å². The van der Waals surface area contributed by atoms with Gasteiger partial charge in [0.1, 0.15) is 0 Å². The summed E-state index contributed by atoms with van der Waals surface area (Å²) in [5, 5.41) is 0. The van der Waals surface area contributed by atoms with E-state index in [1.807, 2.05) is 24.3 Å². The fourth-order valence-corrected chi connectivity index (χ4v) is 1.52. The van der Waals surface area contributed by atoms with E-state index in [1.165, 1.54) is 0 Å². The average Bonchev–Trinajstić information content (AvgIpc) is 2.30. The Morgan fingerprint density at radius 3 is 2.80 bits per heavy atom. The molecule has 75 valence electrons. The Labute approximate surface area is 88.8 Å². The molecule has 1 aromatic heterocycles. The highest BCUT2D eigenvalue weighted by Crippen LogP contribution is 2.25. The molecule has 0 bridgehead atoms. The lowest BCUT2D eigenvalue weighted by Gasteiger charge is -2.08. The van der Waals surface area contributed by atoms with Crippen LogP contribution in [0.25, 0.3) is 11.3 Å². The van der Waals surface area contributed by atoms with Crippen LogP contribution in [0.1, 0.15) is 5.56 Å². The van der Waals surface area contributed by atoms with Crippen LogP contribution in [0.4, 0.5) is 5.69 Å². The van der Waals surface area contributed by atoms with Crippen molar-refractivity contribution in [2.24, 2.45) is 5.73 Å². The van der Waals surface area contributed by atoms with Crippen molar-refractivity contribution in [3.8, 4) is 11.3 Å². The van der Waals surface area contributed by atoms with Crippen molar-refractivity contribution in [1.29, 1.82) is 0 Å². The Morgan fingerprint density at radius 1 is 1.27 bits per heavy atom. The molecule has 2 rings (SSSR count). The van der Waals surface area contributed by atoms with Crippen LogP contribution in [-0.4, -0.2) is 4.98 Å². The molecule has 0 aliphatic rings. The molecule has 2 aromatic rings. The van der Waals surface area contributed by atoms with Crippen molar-refractivity contribution in [1.82, 2.24) is 4.98 Å². The van der Waals surface area contributed by atoms with Crippen LogP contribution in [-0.2, 0) is 6.54 Å². The highest BCUT2D eigenvalue weighted by molar-refractivity contribution is 5.74. The van der Waals surface area contributed by atoms with Gasteiger partial charge in [0.2, 0.25) is 0 Å². The number of hydrogen-bond acceptors (Lipinski definition) is 3. The molecule has 0 fully saturated rings. The van der Waals surface area contributed by atoms with E-state index in [1.54, 1.807) is 12.3 Å². The summed E-state index contributed by atoms with van der Waals surface area (Å²) >= 11 is 0. The third-order valence-electron chi connectivity index (χ3n) is 2.26. The second-order valence-electron chi connectivity index (χ2n) is 3.21. The number of aromatic nitrogens is 1. The minimum atomic E-state index is 0.478. The van der Waals surface area contributed by atoms with E-state index in [2.05, 4.69) is 11.1 Å². The van der Waals surface area contributed by atoms with Gasteiger partial charge in [0, 0.05) is 24.4 Å². The van der Waals surface area contributed by atoms with Crippen LogP contribution < -0.4 is 11.5 Å². The maximum Gasteiger partial charge on any atom is 0.0940 e. The first-order valence-corrected chi connectivity index (χ1v) is 4.73. The van der Waals surface area contributed by atoms with Gasteiger partial charge in [0.25, 0.3) is 0 Å². The van der Waals surface area contributed by atoms with Gasteiger partial charge in [-0.05, 0) is 11.6 Å². The molecule has 0 aliphatic carbocycles. The third kappa shape index (κ3) is 1.82. The molecule has 3 heteroatoms. The highest BCUT2D eigenvalue weighted by Gasteiger charge is 2.07. The first kappa shape index (κ1) is 9.68. The molecule has 0 aliphatic heterocycles. The molecular weight excluding hydrogens is 186 g/mol. The molecule has 0 saturated heterocycles. The monoisotopic (exact) mass is 198 g/mol. The lowest BCUT2D eigenvalue weighted by molar-refractivity contribution is 1.07. The maximum absolute atomic E-state index is 5.82. The van der Waals surface area contributed by atoms with E-state index in [0.29, 0.717) is 12.2 Å². The zero-order chi connectivity index (χ0) is 10.7. The second-order valence-corrected chi connectivity index (χ2v) is 3.21. The minimum Gasteiger partial charge on any atom is -0.396 e. The second kappa shape index (κ2) is 4.11. The van der Waals surface area contributed by atoms with E-state index in [0.717, 1.165) is 16.8 Å². The molecule has 0 saturated carbocycles. The van der Waals surface area contributed by atoms with Crippen LogP contribution in [0.3, 0.4) is 0 Å². The van der Waals surface area contributed by atoms with E-state index >= 15 is 0 Å². The van der Waals surface area contributed by atoms with Crippen LogP contribution in [0.5, 0.6) is 0 Å². The van der Waals surface area contributed by atoms with Gasteiger partial charge in [-0.1, -0.05) is 24.3 Å². The van der Waals surface area contributed by atoms with Gasteiger partial charge in [0.05, 0.1) is 11.4 Å². The van der Waals surface area contributed by atoms with Crippen molar-refractivity contribution in [2.75, 3.05) is 5.73 Å². The van der Waals surface area contributed by atoms with Gasteiger partial charge < -0.3 is 11.5 Å². The molecule has 3 nitrogen and oxygen atoms in total. The van der Waals surface area contributed by atoms with Gasteiger partial charge >= 0.3 is 0 Å². The molecule has 4 N–H and O–H groups in total. The van der Waals surface area contributed by atoms with Crippen molar-refractivity contribution < 1.29 is 0 Å². The number of hydrogen-bond donors (Lipinski definition) is 2. The number of anilines is 1. The number of benzene rings is 1. The Bertz CT molecular complexity index is 466. The van der Waals surface area contributed by atoms with Crippen LogP contribution in [0, 0.1) is 6.07 Å². The molecule has 0 unspecified atom stereocenters. The fourth-order valence-electron chi connectivity index (χ4n) is 1.52. The van der Waals surface area contributed by atoms with Gasteiger partial charge in [-0.3, -0.25) is 4.98 Å². The van der Waals surface area contributed by atoms with Crippen molar-refractivity contribution in [2.45, 2.75) is 6.54 Å². The lowest BCUT2D eigenvalue weighted by atomic mass is 10.0. The van der Waals surface area contributed by atoms with Gasteiger partial charge in [0.15, 0.2) is 0 Å². The van der Waals surface area contributed by atoms with E-state index < -0.39 is 0 Å². The maximum atomic E-state index is 5.82. The number of nitrogens with zero attached hydrogens (tertiary/aromatic N) is 1. The van der Waals surface area contributed by atoms with E-state index in [-0.39, 0.29) is 0 Å². The summed E-state index contributed by atoms with van der Waals surface area (Å²) in [5.74, 6) is 0. The lowest BCUT2D eigenvalue weighted by Crippen LogP contribution is -2.01. The normalized spacial score (nSPS) is 10.2. The zero-order valence-electron chi connectivity index (χ0n) is 8.27. The van der Waals surface area contributed by atoms with Crippen LogP contribution >= 0.6 is 0 Å². The van der Waals surface area contributed by atoms with Crippen LogP contribution in [0.2, 0.25) is 0 Å². The number of nitrogens with two attached hydrogens (primary N) is 2. The summed E-state index contributed by atoms with van der Waals surface area (Å²) in [6.07, 6.45) is 1.68. The Kier molecular flexibility index (Phi) is 2.65.